The highest BCUT2D eigenvalue weighted by atomic mass is 16.6. The minimum absolute atomic E-state index is 0.0112. The van der Waals surface area contributed by atoms with Gasteiger partial charge in [-0.15, -0.1) is 0 Å². The Morgan fingerprint density at radius 3 is 2.81 bits per heavy atom. The van der Waals surface area contributed by atoms with Crippen LogP contribution in [0.25, 0.3) is 0 Å². The van der Waals surface area contributed by atoms with Crippen LogP contribution in [0.5, 0.6) is 0 Å². The molecular weight excluding hydrogens is 210 g/mol. The highest BCUT2D eigenvalue weighted by molar-refractivity contribution is 5.82. The van der Waals surface area contributed by atoms with Crippen LogP contribution in [0, 0.1) is 10.1 Å². The molecule has 1 aliphatic heterocycles. The molecule has 0 bridgehead atoms. The Labute approximate surface area is 91.3 Å². The molecule has 0 saturated carbocycles. The first-order valence-corrected chi connectivity index (χ1v) is 4.76. The lowest BCUT2D eigenvalue weighted by atomic mass is 10.2. The Balaban J connectivity index is 2.38. The second-order valence-corrected chi connectivity index (χ2v) is 3.35. The molecule has 0 atom stereocenters. The van der Waals surface area contributed by atoms with Crippen LogP contribution in [-0.2, 0) is 0 Å². The third-order valence-electron chi connectivity index (χ3n) is 2.22. The maximum absolute atomic E-state index is 10.9. The van der Waals surface area contributed by atoms with E-state index in [9.17, 15) is 15.2 Å². The molecule has 0 spiro atoms. The fourth-order valence-corrected chi connectivity index (χ4v) is 1.47. The van der Waals surface area contributed by atoms with E-state index >= 15 is 0 Å². The normalized spacial score (nSPS) is 17.5. The summed E-state index contributed by atoms with van der Waals surface area (Å²) in [6.45, 7) is 0.477. The molecule has 1 aromatic rings. The lowest BCUT2D eigenvalue weighted by Gasteiger charge is -1.94. The molecule has 0 N–H and O–H groups in total. The van der Waals surface area contributed by atoms with Gasteiger partial charge < -0.3 is 5.11 Å². The van der Waals surface area contributed by atoms with Crippen LogP contribution in [0.3, 0.4) is 0 Å². The van der Waals surface area contributed by atoms with Crippen LogP contribution >= 0.6 is 0 Å². The summed E-state index contributed by atoms with van der Waals surface area (Å²) in [5.74, 6) is -0.199. The van der Waals surface area contributed by atoms with Gasteiger partial charge in [-0.1, -0.05) is 16.8 Å². The lowest BCUT2D eigenvalue weighted by Crippen LogP contribution is -2.13. The van der Waals surface area contributed by atoms with Crippen molar-refractivity contribution in [3.8, 4) is 0 Å². The summed E-state index contributed by atoms with van der Waals surface area (Å²) in [5.41, 5.74) is 0.461. The second kappa shape index (κ2) is 4.09. The zero-order valence-electron chi connectivity index (χ0n) is 8.37. The quantitative estimate of drug-likeness (QED) is 0.402. The average Bonchev–Trinajstić information content (AvgIpc) is 2.64. The molecule has 6 nitrogen and oxygen atoms in total. The molecule has 2 rings (SSSR count). The van der Waals surface area contributed by atoms with Crippen LogP contribution in [0.2, 0.25) is 0 Å². The zero-order chi connectivity index (χ0) is 11.5. The summed E-state index contributed by atoms with van der Waals surface area (Å²) >= 11 is 0. The largest absolute Gasteiger partial charge is 0.857 e. The van der Waals surface area contributed by atoms with E-state index in [0.717, 1.165) is 0 Å². The minimum Gasteiger partial charge on any atom is -0.857 e. The van der Waals surface area contributed by atoms with Crippen molar-refractivity contribution in [2.24, 2.45) is 5.10 Å². The van der Waals surface area contributed by atoms with Gasteiger partial charge in [0.25, 0.3) is 5.69 Å². The van der Waals surface area contributed by atoms with Crippen molar-refractivity contribution in [1.82, 2.24) is 0 Å². The molecule has 0 unspecified atom stereocenters. The van der Waals surface area contributed by atoms with E-state index in [1.807, 2.05) is 0 Å². The predicted octanol–water partition coefficient (Wildman–Crippen LogP) is 0.104. The van der Waals surface area contributed by atoms with Crippen LogP contribution in [-0.4, -0.2) is 28.3 Å². The monoisotopic (exact) mass is 219 g/mol. The maximum Gasteiger partial charge on any atom is 0.282 e. The van der Waals surface area contributed by atoms with Gasteiger partial charge in [0, 0.05) is 18.4 Å². The number of para-hydroxylation sites is 1. The molecule has 1 heterocycles. The predicted molar refractivity (Wildman–Crippen MR) is 55.4 cm³/mol. The summed E-state index contributed by atoms with van der Waals surface area (Å²) < 4.78 is 1.44. The van der Waals surface area contributed by atoms with Crippen LogP contribution < -0.4 is 5.11 Å². The molecule has 6 heteroatoms. The van der Waals surface area contributed by atoms with Gasteiger partial charge in [0.1, 0.15) is 5.56 Å². The molecule has 16 heavy (non-hydrogen) atoms. The molecular formula is C10H9N3O3. The Bertz CT molecular complexity index is 494. The standard InChI is InChI=1S/C10H9N3O3/c14-10-5-6-12(11-10)7-8-3-1-2-4-9(8)13(15)16/h1-4,7H,5-6H2/b12-7+. The van der Waals surface area contributed by atoms with Crippen molar-refractivity contribution in [3.63, 3.8) is 0 Å². The van der Waals surface area contributed by atoms with Crippen molar-refractivity contribution in [2.75, 3.05) is 6.54 Å². The van der Waals surface area contributed by atoms with E-state index in [2.05, 4.69) is 5.10 Å². The number of benzene rings is 1. The number of nitro groups is 1. The first-order chi connectivity index (χ1) is 7.66. The third-order valence-corrected chi connectivity index (χ3v) is 2.22. The molecule has 0 aliphatic carbocycles. The fraction of sp³-hybridized carbons (Fsp3) is 0.200. The lowest BCUT2D eigenvalue weighted by molar-refractivity contribution is -0.519. The second-order valence-electron chi connectivity index (χ2n) is 3.35. The molecule has 0 saturated heterocycles. The zero-order valence-corrected chi connectivity index (χ0v) is 8.37. The van der Waals surface area contributed by atoms with Gasteiger partial charge in [0.15, 0.2) is 6.54 Å². The first-order valence-electron chi connectivity index (χ1n) is 4.76. The molecule has 0 fully saturated rings. The highest BCUT2D eigenvalue weighted by Gasteiger charge is 2.17. The Kier molecular flexibility index (Phi) is 2.63. The van der Waals surface area contributed by atoms with Gasteiger partial charge in [0.05, 0.1) is 4.92 Å². The van der Waals surface area contributed by atoms with Gasteiger partial charge in [-0.3, -0.25) is 10.1 Å². The number of hydrogen-bond donors (Lipinski definition) is 0. The van der Waals surface area contributed by atoms with Crippen LogP contribution in [0.4, 0.5) is 5.69 Å². The highest BCUT2D eigenvalue weighted by Crippen LogP contribution is 2.15. The van der Waals surface area contributed by atoms with Gasteiger partial charge >= 0.3 is 0 Å². The van der Waals surface area contributed by atoms with Crippen molar-refractivity contribution >= 4 is 17.8 Å². The van der Waals surface area contributed by atoms with Crippen molar-refractivity contribution in [3.05, 3.63) is 39.9 Å². The Hall–Kier alpha value is -2.24. The number of nitro benzene ring substituents is 1. The van der Waals surface area contributed by atoms with Crippen molar-refractivity contribution < 1.29 is 14.7 Å². The minimum atomic E-state index is -0.455. The summed E-state index contributed by atoms with van der Waals surface area (Å²) in [5, 5.41) is 25.3. The SMILES string of the molecule is O=[N+]([O-])c1ccccc1/C=[N+]1\CCC([O-])=N1. The topological polar surface area (TPSA) is 81.6 Å². The Morgan fingerprint density at radius 2 is 2.19 bits per heavy atom. The molecule has 1 aliphatic rings. The number of nitrogens with zero attached hydrogens (tertiary/aromatic N) is 3. The molecule has 0 radical (unpaired) electrons. The number of hydrazone groups is 1. The maximum atomic E-state index is 10.9. The summed E-state index contributed by atoms with van der Waals surface area (Å²) in [6.07, 6.45) is 1.88. The molecule has 0 aromatic heterocycles. The summed E-state index contributed by atoms with van der Waals surface area (Å²) in [7, 11) is 0. The van der Waals surface area contributed by atoms with Gasteiger partial charge in [-0.05, 0) is 11.2 Å². The summed E-state index contributed by atoms with van der Waals surface area (Å²) in [4.78, 5) is 10.3. The van der Waals surface area contributed by atoms with Gasteiger partial charge in [0.2, 0.25) is 6.21 Å². The first kappa shape index (κ1) is 10.3. The fourth-order valence-electron chi connectivity index (χ4n) is 1.47. The van der Waals surface area contributed by atoms with E-state index in [1.54, 1.807) is 18.2 Å². The van der Waals surface area contributed by atoms with Gasteiger partial charge in [-0.25, -0.2) is 0 Å². The van der Waals surface area contributed by atoms with Crippen molar-refractivity contribution in [1.29, 1.82) is 0 Å². The third kappa shape index (κ3) is 2.05. The van der Waals surface area contributed by atoms with E-state index in [-0.39, 0.29) is 11.6 Å². The van der Waals surface area contributed by atoms with Crippen LogP contribution in [0.15, 0.2) is 29.4 Å². The van der Waals surface area contributed by atoms with Crippen LogP contribution in [0.1, 0.15) is 12.0 Å². The van der Waals surface area contributed by atoms with Gasteiger partial charge in [-0.2, -0.15) is 0 Å². The van der Waals surface area contributed by atoms with E-state index in [0.29, 0.717) is 18.5 Å². The molecule has 0 amide bonds. The smallest absolute Gasteiger partial charge is 0.282 e. The Morgan fingerprint density at radius 1 is 1.44 bits per heavy atom. The average molecular weight is 219 g/mol. The molecule has 1 aromatic carbocycles. The molecule has 82 valence electrons. The number of hydrogen-bond acceptors (Lipinski definition) is 4. The summed E-state index contributed by atoms with van der Waals surface area (Å²) in [6, 6.07) is 6.35. The van der Waals surface area contributed by atoms with E-state index < -0.39 is 4.92 Å². The van der Waals surface area contributed by atoms with E-state index in [1.165, 1.54) is 17.0 Å². The van der Waals surface area contributed by atoms with E-state index in [4.69, 9.17) is 0 Å². The van der Waals surface area contributed by atoms with Crippen molar-refractivity contribution in [2.45, 2.75) is 6.42 Å². The number of rotatable bonds is 2.